The van der Waals surface area contributed by atoms with Crippen molar-refractivity contribution in [1.29, 1.82) is 0 Å². The molecule has 2 amide bonds. The van der Waals surface area contributed by atoms with E-state index in [1.807, 2.05) is 37.3 Å². The molecule has 0 aliphatic heterocycles. The third-order valence-corrected chi connectivity index (χ3v) is 6.67. The van der Waals surface area contributed by atoms with Gasteiger partial charge >= 0.3 is 0 Å². The zero-order valence-corrected chi connectivity index (χ0v) is 19.7. The zero-order chi connectivity index (χ0) is 22.4. The molecule has 0 saturated heterocycles. The van der Waals surface area contributed by atoms with Crippen LogP contribution in [0.15, 0.2) is 42.5 Å². The van der Waals surface area contributed by atoms with Gasteiger partial charge in [0.05, 0.1) is 16.5 Å². The molecule has 6 heteroatoms. The van der Waals surface area contributed by atoms with Crippen molar-refractivity contribution >= 4 is 35.0 Å². The Kier molecular flexibility index (Phi) is 8.39. The Morgan fingerprint density at radius 1 is 1.00 bits per heavy atom. The largest absolute Gasteiger partial charge is 0.352 e. The van der Waals surface area contributed by atoms with Gasteiger partial charge in [0.25, 0.3) is 0 Å². The highest BCUT2D eigenvalue weighted by Gasteiger charge is 2.28. The molecule has 0 bridgehead atoms. The molecule has 4 nitrogen and oxygen atoms in total. The molecule has 0 radical (unpaired) electrons. The Morgan fingerprint density at radius 2 is 1.65 bits per heavy atom. The van der Waals surface area contributed by atoms with Gasteiger partial charge < -0.3 is 10.2 Å². The molecule has 2 aromatic rings. The third kappa shape index (κ3) is 6.72. The highest BCUT2D eigenvalue weighted by Crippen LogP contribution is 2.24. The monoisotopic (exact) mass is 460 g/mol. The molecule has 1 unspecified atom stereocenters. The summed E-state index contributed by atoms with van der Waals surface area (Å²) in [5, 5.41) is 4.05. The molecule has 1 N–H and O–H groups in total. The number of hydrogen-bond acceptors (Lipinski definition) is 2. The second kappa shape index (κ2) is 11.0. The molecular formula is C25H30Cl2N2O2. The number of rotatable bonds is 7. The van der Waals surface area contributed by atoms with Gasteiger partial charge in [-0.2, -0.15) is 0 Å². The van der Waals surface area contributed by atoms with Crippen LogP contribution in [0.5, 0.6) is 0 Å². The third-order valence-electron chi connectivity index (χ3n) is 5.93. The molecule has 1 aliphatic carbocycles. The van der Waals surface area contributed by atoms with E-state index in [4.69, 9.17) is 23.2 Å². The van der Waals surface area contributed by atoms with Gasteiger partial charge in [-0.05, 0) is 49.9 Å². The fourth-order valence-corrected chi connectivity index (χ4v) is 4.29. The van der Waals surface area contributed by atoms with Crippen LogP contribution in [0.2, 0.25) is 10.0 Å². The van der Waals surface area contributed by atoms with Gasteiger partial charge in [0.15, 0.2) is 0 Å². The maximum Gasteiger partial charge on any atom is 0.242 e. The van der Waals surface area contributed by atoms with Gasteiger partial charge in [-0.25, -0.2) is 0 Å². The summed E-state index contributed by atoms with van der Waals surface area (Å²) >= 11 is 12.2. The maximum atomic E-state index is 13.3. The highest BCUT2D eigenvalue weighted by molar-refractivity contribution is 6.42. The molecule has 166 valence electrons. The molecule has 2 aromatic carbocycles. The van der Waals surface area contributed by atoms with Crippen LogP contribution in [0.3, 0.4) is 0 Å². The lowest BCUT2D eigenvalue weighted by atomic mass is 9.95. The molecule has 1 saturated carbocycles. The number of carbonyl (C=O) groups excluding carboxylic acids is 2. The first-order chi connectivity index (χ1) is 14.8. The van der Waals surface area contributed by atoms with Gasteiger partial charge in [-0.15, -0.1) is 0 Å². The van der Waals surface area contributed by atoms with Gasteiger partial charge in [-0.1, -0.05) is 78.4 Å². The van der Waals surface area contributed by atoms with Crippen LogP contribution in [-0.4, -0.2) is 28.8 Å². The topological polar surface area (TPSA) is 49.4 Å². The lowest BCUT2D eigenvalue weighted by Gasteiger charge is -2.31. The summed E-state index contributed by atoms with van der Waals surface area (Å²) in [7, 11) is 0. The molecule has 1 aliphatic rings. The van der Waals surface area contributed by atoms with E-state index in [9.17, 15) is 9.59 Å². The summed E-state index contributed by atoms with van der Waals surface area (Å²) in [5.74, 6) is -0.203. The first-order valence-corrected chi connectivity index (χ1v) is 11.7. The first kappa shape index (κ1) is 23.6. The molecule has 31 heavy (non-hydrogen) atoms. The Bertz CT molecular complexity index is 908. The summed E-state index contributed by atoms with van der Waals surface area (Å²) in [6, 6.07) is 12.8. The van der Waals surface area contributed by atoms with Crippen molar-refractivity contribution in [3.8, 4) is 0 Å². The number of carbonyl (C=O) groups is 2. The van der Waals surface area contributed by atoms with Crippen LogP contribution >= 0.6 is 23.2 Å². The molecular weight excluding hydrogens is 431 g/mol. The Labute approximate surface area is 194 Å². The van der Waals surface area contributed by atoms with Gasteiger partial charge in [0.1, 0.15) is 6.04 Å². The van der Waals surface area contributed by atoms with E-state index in [0.29, 0.717) is 16.6 Å². The SMILES string of the molecule is Cc1ccc(CC(=O)N(Cc2ccc(Cl)c(Cl)c2)C(C)C(=O)NC2CCCCC2)cc1. The summed E-state index contributed by atoms with van der Waals surface area (Å²) in [4.78, 5) is 27.9. The van der Waals surface area contributed by atoms with Crippen molar-refractivity contribution in [2.75, 3.05) is 0 Å². The standard InChI is InChI=1S/C25H30Cl2N2O2/c1-17-8-10-19(11-9-17)15-24(30)29(16-20-12-13-22(26)23(27)14-20)18(2)25(31)28-21-6-4-3-5-7-21/h8-14,18,21H,3-7,15-16H2,1-2H3,(H,28,31). The van der Waals surface area contributed by atoms with Crippen LogP contribution in [0.4, 0.5) is 0 Å². The highest BCUT2D eigenvalue weighted by atomic mass is 35.5. The number of nitrogens with one attached hydrogen (secondary N) is 1. The zero-order valence-electron chi connectivity index (χ0n) is 18.2. The van der Waals surface area contributed by atoms with E-state index in [2.05, 4.69) is 5.32 Å². The van der Waals surface area contributed by atoms with Crippen molar-refractivity contribution in [3.05, 3.63) is 69.2 Å². The summed E-state index contributed by atoms with van der Waals surface area (Å²) < 4.78 is 0. The van der Waals surface area contributed by atoms with Gasteiger partial charge in [0.2, 0.25) is 11.8 Å². The minimum absolute atomic E-state index is 0.0961. The summed E-state index contributed by atoms with van der Waals surface area (Å²) in [6.45, 7) is 4.10. The number of hydrogen-bond donors (Lipinski definition) is 1. The van der Waals surface area contributed by atoms with E-state index in [0.717, 1.165) is 42.4 Å². The van der Waals surface area contributed by atoms with E-state index < -0.39 is 6.04 Å². The van der Waals surface area contributed by atoms with E-state index in [1.54, 1.807) is 24.0 Å². The predicted octanol–water partition coefficient (Wildman–Crippen LogP) is 5.71. The quantitative estimate of drug-likeness (QED) is 0.574. The fourth-order valence-electron chi connectivity index (χ4n) is 3.97. The van der Waals surface area contributed by atoms with E-state index in [-0.39, 0.29) is 24.3 Å². The number of benzene rings is 2. The van der Waals surface area contributed by atoms with Crippen LogP contribution in [-0.2, 0) is 22.6 Å². The van der Waals surface area contributed by atoms with Crippen molar-refractivity contribution in [1.82, 2.24) is 10.2 Å². The van der Waals surface area contributed by atoms with Crippen molar-refractivity contribution in [3.63, 3.8) is 0 Å². The Hall–Kier alpha value is -2.04. The molecule has 0 heterocycles. The normalized spacial score (nSPS) is 15.4. The smallest absolute Gasteiger partial charge is 0.242 e. The van der Waals surface area contributed by atoms with E-state index >= 15 is 0 Å². The second-order valence-electron chi connectivity index (χ2n) is 8.45. The first-order valence-electron chi connectivity index (χ1n) is 10.9. The van der Waals surface area contributed by atoms with Crippen LogP contribution in [0.1, 0.15) is 55.7 Å². The minimum atomic E-state index is -0.589. The average molecular weight is 461 g/mol. The Balaban J connectivity index is 1.77. The number of amides is 2. The van der Waals surface area contributed by atoms with Crippen LogP contribution < -0.4 is 5.32 Å². The van der Waals surface area contributed by atoms with Gasteiger partial charge in [0, 0.05) is 12.6 Å². The lowest BCUT2D eigenvalue weighted by Crippen LogP contribution is -2.50. The van der Waals surface area contributed by atoms with E-state index in [1.165, 1.54) is 6.42 Å². The molecule has 1 fully saturated rings. The van der Waals surface area contributed by atoms with Crippen molar-refractivity contribution in [2.24, 2.45) is 0 Å². The molecule has 3 rings (SSSR count). The fraction of sp³-hybridized carbons (Fsp3) is 0.440. The van der Waals surface area contributed by atoms with Crippen LogP contribution in [0.25, 0.3) is 0 Å². The number of halogens is 2. The molecule has 0 aromatic heterocycles. The van der Waals surface area contributed by atoms with Crippen molar-refractivity contribution < 1.29 is 9.59 Å². The lowest BCUT2D eigenvalue weighted by molar-refractivity contribution is -0.140. The number of nitrogens with zero attached hydrogens (tertiary/aromatic N) is 1. The molecule has 0 spiro atoms. The second-order valence-corrected chi connectivity index (χ2v) is 9.27. The van der Waals surface area contributed by atoms with Crippen molar-refractivity contribution in [2.45, 2.75) is 71.0 Å². The van der Waals surface area contributed by atoms with Gasteiger partial charge in [-0.3, -0.25) is 9.59 Å². The summed E-state index contributed by atoms with van der Waals surface area (Å²) in [6.07, 6.45) is 5.74. The average Bonchev–Trinajstić information content (AvgIpc) is 2.76. The Morgan fingerprint density at radius 3 is 2.29 bits per heavy atom. The van der Waals surface area contributed by atoms with Crippen LogP contribution in [0, 0.1) is 6.92 Å². The number of aryl methyl sites for hydroxylation is 1. The minimum Gasteiger partial charge on any atom is -0.352 e. The predicted molar refractivity (Wildman–Crippen MR) is 126 cm³/mol. The molecule has 1 atom stereocenters. The maximum absolute atomic E-state index is 13.3. The summed E-state index contributed by atoms with van der Waals surface area (Å²) in [5.41, 5.74) is 2.91.